The molecule has 0 N–H and O–H groups in total. The maximum atomic E-state index is 13.7. The topological polar surface area (TPSA) is 83.5 Å². The quantitative estimate of drug-likeness (QED) is 0.248. The minimum absolute atomic E-state index is 0.0819. The van der Waals surface area contributed by atoms with Gasteiger partial charge < -0.3 is 0 Å². The predicted molar refractivity (Wildman–Crippen MR) is 148 cm³/mol. The van der Waals surface area contributed by atoms with E-state index >= 15 is 0 Å². The summed E-state index contributed by atoms with van der Waals surface area (Å²) in [5, 5.41) is 0.974. The number of fused-ring (bicyclic) bond motifs is 1. The summed E-state index contributed by atoms with van der Waals surface area (Å²) in [6.45, 7) is 0.188. The second-order valence-electron chi connectivity index (χ2n) is 8.13. The lowest BCUT2D eigenvalue weighted by atomic mass is 10.2. The van der Waals surface area contributed by atoms with Crippen molar-refractivity contribution in [3.63, 3.8) is 0 Å². The summed E-state index contributed by atoms with van der Waals surface area (Å²) in [6.07, 6.45) is 1.66. The van der Waals surface area contributed by atoms with Gasteiger partial charge in [-0.3, -0.25) is 19.0 Å². The molecule has 37 heavy (non-hydrogen) atoms. The minimum Gasteiger partial charge on any atom is -0.278 e. The number of anilines is 2. The van der Waals surface area contributed by atoms with Gasteiger partial charge in [0.15, 0.2) is 5.13 Å². The number of aromatic nitrogens is 2. The van der Waals surface area contributed by atoms with E-state index in [1.165, 1.54) is 51.9 Å². The van der Waals surface area contributed by atoms with Crippen molar-refractivity contribution in [2.45, 2.75) is 11.4 Å². The van der Waals surface area contributed by atoms with Crippen LogP contribution in [0.1, 0.15) is 16.1 Å². The number of sulfonamides is 1. The van der Waals surface area contributed by atoms with Gasteiger partial charge in [-0.15, -0.1) is 0 Å². The van der Waals surface area contributed by atoms with Crippen molar-refractivity contribution < 1.29 is 13.2 Å². The van der Waals surface area contributed by atoms with Gasteiger partial charge in [-0.25, -0.2) is 13.4 Å². The monoisotopic (exact) mass is 548 g/mol. The molecule has 0 spiro atoms. The number of amides is 1. The molecular weight excluding hydrogens is 528 g/mol. The molecule has 5 rings (SSSR count). The highest BCUT2D eigenvalue weighted by molar-refractivity contribution is 7.92. The van der Waals surface area contributed by atoms with Crippen molar-refractivity contribution in [2.24, 2.45) is 0 Å². The van der Waals surface area contributed by atoms with Crippen LogP contribution in [0.15, 0.2) is 102 Å². The number of hydrogen-bond acceptors (Lipinski definition) is 6. The van der Waals surface area contributed by atoms with Gasteiger partial charge in [0.25, 0.3) is 15.9 Å². The largest absolute Gasteiger partial charge is 0.278 e. The highest BCUT2D eigenvalue weighted by Gasteiger charge is 2.25. The van der Waals surface area contributed by atoms with Crippen molar-refractivity contribution in [3.8, 4) is 0 Å². The molecule has 186 valence electrons. The van der Waals surface area contributed by atoms with Gasteiger partial charge in [0.05, 0.1) is 32.5 Å². The van der Waals surface area contributed by atoms with Crippen molar-refractivity contribution in [3.05, 3.63) is 113 Å². The van der Waals surface area contributed by atoms with E-state index in [0.29, 0.717) is 32.6 Å². The Kier molecular flexibility index (Phi) is 6.92. The first-order chi connectivity index (χ1) is 17.8. The van der Waals surface area contributed by atoms with E-state index in [9.17, 15) is 13.2 Å². The first kappa shape index (κ1) is 24.9. The summed E-state index contributed by atoms with van der Waals surface area (Å²) >= 11 is 7.68. The van der Waals surface area contributed by atoms with Crippen LogP contribution in [0.2, 0.25) is 5.02 Å². The van der Waals surface area contributed by atoms with E-state index in [-0.39, 0.29) is 17.3 Å². The summed E-state index contributed by atoms with van der Waals surface area (Å²) in [6, 6.07) is 25.7. The van der Waals surface area contributed by atoms with Crippen LogP contribution in [0.4, 0.5) is 10.8 Å². The van der Waals surface area contributed by atoms with Gasteiger partial charge in [0.1, 0.15) is 5.52 Å². The number of hydrogen-bond donors (Lipinski definition) is 0. The summed E-state index contributed by atoms with van der Waals surface area (Å²) in [4.78, 5) is 24.3. The fourth-order valence-corrected chi connectivity index (χ4v) is 6.22. The second-order valence-corrected chi connectivity index (χ2v) is 11.5. The van der Waals surface area contributed by atoms with Crippen molar-refractivity contribution >= 4 is 59.9 Å². The van der Waals surface area contributed by atoms with E-state index < -0.39 is 10.0 Å². The summed E-state index contributed by atoms with van der Waals surface area (Å²) in [7, 11) is -2.31. The molecule has 0 atom stereocenters. The Labute approximate surface area is 223 Å². The fourth-order valence-electron chi connectivity index (χ4n) is 3.76. The van der Waals surface area contributed by atoms with Gasteiger partial charge in [-0.05, 0) is 60.7 Å². The summed E-state index contributed by atoms with van der Waals surface area (Å²) in [5.74, 6) is -0.332. The molecular formula is C27H21ClN4O3S2. The number of halogens is 1. The van der Waals surface area contributed by atoms with Crippen molar-refractivity contribution in [1.29, 1.82) is 0 Å². The Hall–Kier alpha value is -3.79. The molecule has 0 fully saturated rings. The van der Waals surface area contributed by atoms with Gasteiger partial charge >= 0.3 is 0 Å². The van der Waals surface area contributed by atoms with Crippen LogP contribution in [0.3, 0.4) is 0 Å². The highest BCUT2D eigenvalue weighted by atomic mass is 35.5. The van der Waals surface area contributed by atoms with Crippen LogP contribution in [0.5, 0.6) is 0 Å². The predicted octanol–water partition coefficient (Wildman–Crippen LogP) is 6.02. The van der Waals surface area contributed by atoms with E-state index in [1.807, 2.05) is 30.3 Å². The Balaban J connectivity index is 1.48. The molecule has 0 saturated heterocycles. The van der Waals surface area contributed by atoms with Crippen LogP contribution in [0.25, 0.3) is 10.2 Å². The molecule has 0 radical (unpaired) electrons. The lowest BCUT2D eigenvalue weighted by Gasteiger charge is -2.21. The number of rotatable bonds is 7. The molecule has 5 aromatic rings. The average Bonchev–Trinajstić information content (AvgIpc) is 3.37. The summed E-state index contributed by atoms with van der Waals surface area (Å²) in [5.41, 5.74) is 2.17. The molecule has 0 aliphatic heterocycles. The minimum atomic E-state index is -3.80. The molecule has 7 nitrogen and oxygen atoms in total. The lowest BCUT2D eigenvalue weighted by Crippen LogP contribution is -2.31. The molecule has 2 aromatic heterocycles. The van der Waals surface area contributed by atoms with Gasteiger partial charge in [0.2, 0.25) is 0 Å². The molecule has 10 heteroatoms. The normalized spacial score (nSPS) is 11.4. The van der Waals surface area contributed by atoms with Crippen LogP contribution in [0, 0.1) is 0 Å². The third-order valence-electron chi connectivity index (χ3n) is 5.76. The van der Waals surface area contributed by atoms with Crippen LogP contribution < -0.4 is 9.21 Å². The van der Waals surface area contributed by atoms with Crippen molar-refractivity contribution in [2.75, 3.05) is 16.3 Å². The Morgan fingerprint density at radius 1 is 0.919 bits per heavy atom. The number of pyridine rings is 1. The van der Waals surface area contributed by atoms with Gasteiger partial charge in [-0.1, -0.05) is 53.3 Å². The zero-order chi connectivity index (χ0) is 26.0. The van der Waals surface area contributed by atoms with Crippen LogP contribution >= 0.6 is 22.9 Å². The number of carbonyl (C=O) groups is 1. The molecule has 0 aliphatic rings. The average molecular weight is 549 g/mol. The summed E-state index contributed by atoms with van der Waals surface area (Å²) < 4.78 is 28.3. The second kappa shape index (κ2) is 10.3. The first-order valence-corrected chi connectivity index (χ1v) is 13.9. The zero-order valence-corrected chi connectivity index (χ0v) is 22.0. The fraction of sp³-hybridized carbons (Fsp3) is 0.0741. The SMILES string of the molecule is CN(c1ccccc1)S(=O)(=O)c1ccc(C(=O)N(Cc2ccccn2)c2nc3c(Cl)cccc3s2)cc1. The zero-order valence-electron chi connectivity index (χ0n) is 19.7. The number of carbonyl (C=O) groups excluding carboxylic acids is 1. The maximum Gasteiger partial charge on any atom is 0.264 e. The molecule has 0 saturated carbocycles. The standard InChI is InChI=1S/C27H21ClN4O3S2/c1-31(21-9-3-2-4-10-21)37(34,35)22-15-13-19(14-16-22)26(33)32(18-20-8-5-6-17-29-20)27-30-25-23(28)11-7-12-24(25)36-27/h2-17H,18H2,1H3. The highest BCUT2D eigenvalue weighted by Crippen LogP contribution is 2.34. The van der Waals surface area contributed by atoms with Crippen molar-refractivity contribution in [1.82, 2.24) is 9.97 Å². The van der Waals surface area contributed by atoms with Crippen LogP contribution in [-0.2, 0) is 16.6 Å². The Bertz CT molecular complexity index is 1660. The van der Waals surface area contributed by atoms with Gasteiger partial charge in [0, 0.05) is 18.8 Å². The van der Waals surface area contributed by atoms with E-state index in [0.717, 1.165) is 4.70 Å². The third kappa shape index (κ3) is 5.06. The number of nitrogens with zero attached hydrogens (tertiary/aromatic N) is 4. The third-order valence-corrected chi connectivity index (χ3v) is 8.91. The maximum absolute atomic E-state index is 13.7. The lowest BCUT2D eigenvalue weighted by molar-refractivity contribution is 0.0984. The molecule has 0 aliphatic carbocycles. The Morgan fingerprint density at radius 2 is 1.65 bits per heavy atom. The molecule has 2 heterocycles. The molecule has 3 aromatic carbocycles. The van der Waals surface area contributed by atoms with E-state index in [1.54, 1.807) is 42.6 Å². The number of para-hydroxylation sites is 2. The molecule has 1 amide bonds. The van der Waals surface area contributed by atoms with Crippen LogP contribution in [-0.4, -0.2) is 31.3 Å². The number of benzene rings is 3. The molecule has 0 bridgehead atoms. The molecule has 0 unspecified atom stereocenters. The van der Waals surface area contributed by atoms with E-state index in [4.69, 9.17) is 11.6 Å². The first-order valence-electron chi connectivity index (χ1n) is 11.3. The number of thiazole rings is 1. The van der Waals surface area contributed by atoms with Gasteiger partial charge in [-0.2, -0.15) is 0 Å². The van der Waals surface area contributed by atoms with E-state index in [2.05, 4.69) is 9.97 Å². The smallest absolute Gasteiger partial charge is 0.264 e. The Morgan fingerprint density at radius 3 is 2.32 bits per heavy atom.